The Hall–Kier alpha value is -2.82. The molecule has 112 valence electrons. The zero-order valence-electron chi connectivity index (χ0n) is 11.9. The standard InChI is InChI=1S/C17H16N2O3/c18-14-5-1-11(2-6-14)12-3-7-15(8-4-12)19-10-13(17(21)22)9-16(19)20/h1-8,13H,9-10,18H2,(H,21,22). The van der Waals surface area contributed by atoms with Crippen LogP contribution in [0.4, 0.5) is 11.4 Å². The molecule has 0 radical (unpaired) electrons. The summed E-state index contributed by atoms with van der Waals surface area (Å²) in [4.78, 5) is 24.5. The van der Waals surface area contributed by atoms with Crippen LogP contribution in [0.1, 0.15) is 6.42 Å². The van der Waals surface area contributed by atoms with E-state index in [0.29, 0.717) is 5.69 Å². The quantitative estimate of drug-likeness (QED) is 0.852. The van der Waals surface area contributed by atoms with E-state index in [1.807, 2.05) is 48.5 Å². The van der Waals surface area contributed by atoms with Gasteiger partial charge in [-0.3, -0.25) is 9.59 Å². The Morgan fingerprint density at radius 2 is 1.59 bits per heavy atom. The van der Waals surface area contributed by atoms with Crippen LogP contribution in [-0.4, -0.2) is 23.5 Å². The van der Waals surface area contributed by atoms with Crippen molar-refractivity contribution in [1.29, 1.82) is 0 Å². The molecule has 0 aliphatic carbocycles. The van der Waals surface area contributed by atoms with Crippen molar-refractivity contribution >= 4 is 23.3 Å². The van der Waals surface area contributed by atoms with Crippen LogP contribution in [0.15, 0.2) is 48.5 Å². The molecule has 3 N–H and O–H groups in total. The molecule has 22 heavy (non-hydrogen) atoms. The van der Waals surface area contributed by atoms with Crippen LogP contribution in [0.5, 0.6) is 0 Å². The molecule has 5 heteroatoms. The van der Waals surface area contributed by atoms with Crippen molar-refractivity contribution < 1.29 is 14.7 Å². The van der Waals surface area contributed by atoms with Gasteiger partial charge in [0.2, 0.25) is 5.91 Å². The van der Waals surface area contributed by atoms with Gasteiger partial charge >= 0.3 is 5.97 Å². The number of amides is 1. The van der Waals surface area contributed by atoms with Crippen molar-refractivity contribution in [3.63, 3.8) is 0 Å². The Kier molecular flexibility index (Phi) is 3.55. The van der Waals surface area contributed by atoms with Gasteiger partial charge in [0.1, 0.15) is 0 Å². The summed E-state index contributed by atoms with van der Waals surface area (Å²) in [7, 11) is 0. The molecule has 0 bridgehead atoms. The predicted molar refractivity (Wildman–Crippen MR) is 84.4 cm³/mol. The molecule has 1 fully saturated rings. The summed E-state index contributed by atoms with van der Waals surface area (Å²) >= 11 is 0. The van der Waals surface area contributed by atoms with Gasteiger partial charge in [0.25, 0.3) is 0 Å². The van der Waals surface area contributed by atoms with Crippen molar-refractivity contribution in [1.82, 2.24) is 0 Å². The van der Waals surface area contributed by atoms with Gasteiger partial charge in [-0.2, -0.15) is 0 Å². The normalized spacial score (nSPS) is 17.7. The highest BCUT2D eigenvalue weighted by Crippen LogP contribution is 2.28. The van der Waals surface area contributed by atoms with Gasteiger partial charge in [0, 0.05) is 24.3 Å². The number of hydrogen-bond acceptors (Lipinski definition) is 3. The molecular formula is C17H16N2O3. The van der Waals surface area contributed by atoms with Crippen LogP contribution >= 0.6 is 0 Å². The van der Waals surface area contributed by atoms with Gasteiger partial charge in [-0.25, -0.2) is 0 Å². The van der Waals surface area contributed by atoms with Crippen LogP contribution in [0.2, 0.25) is 0 Å². The maximum atomic E-state index is 11.9. The molecule has 0 aromatic heterocycles. The average Bonchev–Trinajstić information content (AvgIpc) is 2.91. The first-order valence-corrected chi connectivity index (χ1v) is 7.04. The number of carboxylic acid groups (broad SMARTS) is 1. The van der Waals surface area contributed by atoms with E-state index in [-0.39, 0.29) is 18.9 Å². The molecule has 1 heterocycles. The summed E-state index contributed by atoms with van der Waals surface area (Å²) in [6.07, 6.45) is 0.0645. The summed E-state index contributed by atoms with van der Waals surface area (Å²) in [6.45, 7) is 0.232. The van der Waals surface area contributed by atoms with Crippen molar-refractivity contribution in [2.45, 2.75) is 6.42 Å². The molecular weight excluding hydrogens is 280 g/mol. The number of rotatable bonds is 3. The lowest BCUT2D eigenvalue weighted by Crippen LogP contribution is -2.25. The van der Waals surface area contributed by atoms with E-state index in [0.717, 1.165) is 16.8 Å². The van der Waals surface area contributed by atoms with E-state index in [9.17, 15) is 9.59 Å². The Labute approximate surface area is 128 Å². The first-order chi connectivity index (χ1) is 10.5. The summed E-state index contributed by atoms with van der Waals surface area (Å²) in [5, 5.41) is 9.02. The molecule has 0 saturated carbocycles. The molecule has 1 atom stereocenters. The summed E-state index contributed by atoms with van der Waals surface area (Å²) in [5.74, 6) is -1.69. The Morgan fingerprint density at radius 3 is 2.09 bits per heavy atom. The minimum absolute atomic E-state index is 0.0645. The Balaban J connectivity index is 1.81. The third-order valence-electron chi connectivity index (χ3n) is 3.90. The predicted octanol–water partition coefficient (Wildman–Crippen LogP) is 2.37. The van der Waals surface area contributed by atoms with E-state index in [1.54, 1.807) is 0 Å². The van der Waals surface area contributed by atoms with Crippen LogP contribution in [0.3, 0.4) is 0 Å². The van der Waals surface area contributed by atoms with Crippen molar-refractivity contribution in [3.05, 3.63) is 48.5 Å². The molecule has 1 amide bonds. The number of aliphatic carboxylic acids is 1. The number of nitrogens with zero attached hydrogens (tertiary/aromatic N) is 1. The number of nitrogens with two attached hydrogens (primary N) is 1. The second kappa shape index (κ2) is 5.52. The topological polar surface area (TPSA) is 83.6 Å². The fourth-order valence-corrected chi connectivity index (χ4v) is 2.63. The van der Waals surface area contributed by atoms with Crippen molar-refractivity contribution in [2.24, 2.45) is 5.92 Å². The number of carbonyl (C=O) groups is 2. The zero-order valence-corrected chi connectivity index (χ0v) is 11.9. The molecule has 2 aromatic carbocycles. The van der Waals surface area contributed by atoms with E-state index < -0.39 is 11.9 Å². The fraction of sp³-hybridized carbons (Fsp3) is 0.176. The van der Waals surface area contributed by atoms with Gasteiger partial charge in [-0.1, -0.05) is 24.3 Å². The second-order valence-electron chi connectivity index (χ2n) is 5.41. The van der Waals surface area contributed by atoms with E-state index in [2.05, 4.69) is 0 Å². The van der Waals surface area contributed by atoms with Crippen molar-refractivity contribution in [3.8, 4) is 11.1 Å². The minimum Gasteiger partial charge on any atom is -0.481 e. The Bertz CT molecular complexity index is 708. The molecule has 1 aliphatic heterocycles. The lowest BCUT2D eigenvalue weighted by molar-refractivity contribution is -0.141. The highest BCUT2D eigenvalue weighted by molar-refractivity contribution is 5.99. The van der Waals surface area contributed by atoms with Crippen LogP contribution in [0.25, 0.3) is 11.1 Å². The van der Waals surface area contributed by atoms with E-state index in [1.165, 1.54) is 4.90 Å². The smallest absolute Gasteiger partial charge is 0.308 e. The number of anilines is 2. The number of carbonyl (C=O) groups excluding carboxylic acids is 1. The largest absolute Gasteiger partial charge is 0.481 e. The number of benzene rings is 2. The summed E-state index contributed by atoms with van der Waals surface area (Å²) in [5.41, 5.74) is 9.17. The first kappa shape index (κ1) is 14.1. The molecule has 1 aliphatic rings. The summed E-state index contributed by atoms with van der Waals surface area (Å²) in [6, 6.07) is 15.1. The number of carboxylic acids is 1. The van der Waals surface area contributed by atoms with Crippen LogP contribution in [0, 0.1) is 5.92 Å². The van der Waals surface area contributed by atoms with E-state index >= 15 is 0 Å². The highest BCUT2D eigenvalue weighted by atomic mass is 16.4. The van der Waals surface area contributed by atoms with Gasteiger partial charge in [-0.05, 0) is 35.4 Å². The van der Waals surface area contributed by atoms with Gasteiger partial charge < -0.3 is 15.7 Å². The zero-order chi connectivity index (χ0) is 15.7. The fourth-order valence-electron chi connectivity index (χ4n) is 2.63. The van der Waals surface area contributed by atoms with Gasteiger partial charge in [0.05, 0.1) is 5.92 Å². The molecule has 2 aromatic rings. The maximum Gasteiger partial charge on any atom is 0.308 e. The van der Waals surface area contributed by atoms with E-state index in [4.69, 9.17) is 10.8 Å². The second-order valence-corrected chi connectivity index (χ2v) is 5.41. The van der Waals surface area contributed by atoms with Crippen LogP contribution in [-0.2, 0) is 9.59 Å². The lowest BCUT2D eigenvalue weighted by atomic mass is 10.0. The first-order valence-electron chi connectivity index (χ1n) is 7.04. The average molecular weight is 296 g/mol. The highest BCUT2D eigenvalue weighted by Gasteiger charge is 2.34. The maximum absolute atomic E-state index is 11.9. The Morgan fingerprint density at radius 1 is 1.05 bits per heavy atom. The van der Waals surface area contributed by atoms with Gasteiger partial charge in [0.15, 0.2) is 0 Å². The minimum atomic E-state index is -0.922. The SMILES string of the molecule is Nc1ccc(-c2ccc(N3CC(C(=O)O)CC3=O)cc2)cc1. The molecule has 0 spiro atoms. The number of hydrogen-bond donors (Lipinski definition) is 2. The monoisotopic (exact) mass is 296 g/mol. The third kappa shape index (κ3) is 2.65. The van der Waals surface area contributed by atoms with Gasteiger partial charge in [-0.15, -0.1) is 0 Å². The number of nitrogen functional groups attached to an aromatic ring is 1. The third-order valence-corrected chi connectivity index (χ3v) is 3.90. The molecule has 5 nitrogen and oxygen atoms in total. The lowest BCUT2D eigenvalue weighted by Gasteiger charge is -2.16. The van der Waals surface area contributed by atoms with Crippen molar-refractivity contribution in [2.75, 3.05) is 17.2 Å². The van der Waals surface area contributed by atoms with Crippen LogP contribution < -0.4 is 10.6 Å². The molecule has 3 rings (SSSR count). The molecule has 1 unspecified atom stereocenters. The molecule has 1 saturated heterocycles. The summed E-state index contributed by atoms with van der Waals surface area (Å²) < 4.78 is 0.